The maximum absolute atomic E-state index is 9.83. The Morgan fingerprint density at radius 3 is 1.17 bits per heavy atom. The molecule has 0 aliphatic carbocycles. The molecule has 23 heavy (non-hydrogen) atoms. The molecule has 0 fully saturated rings. The molecular weight excluding hydrogens is 439 g/mol. The van der Waals surface area contributed by atoms with Crippen LogP contribution in [0.4, 0.5) is 0 Å². The molecule has 0 aliphatic rings. The molecule has 0 aliphatic heterocycles. The molecule has 0 aromatic rings. The number of aliphatic carboxylic acids is 2. The summed E-state index contributed by atoms with van der Waals surface area (Å²) in [5, 5.41) is 19.7. The van der Waals surface area contributed by atoms with Gasteiger partial charge >= 0.3 is 69.5 Å². The summed E-state index contributed by atoms with van der Waals surface area (Å²) in [6.07, 6.45) is 5.84. The van der Waals surface area contributed by atoms with Crippen molar-refractivity contribution in [2.75, 3.05) is 0 Å². The van der Waals surface area contributed by atoms with E-state index in [-0.39, 0.29) is 21.1 Å². The molecule has 0 saturated heterocycles. The van der Waals surface area contributed by atoms with Gasteiger partial charge in [-0.1, -0.05) is 0 Å². The summed E-state index contributed by atoms with van der Waals surface area (Å²) in [6.45, 7) is 10.4. The van der Waals surface area contributed by atoms with Gasteiger partial charge in [0.1, 0.15) is 0 Å². The summed E-state index contributed by atoms with van der Waals surface area (Å²) in [7, 11) is 0. The van der Waals surface area contributed by atoms with Crippen molar-refractivity contribution in [2.45, 2.75) is 85.6 Å². The second kappa shape index (κ2) is 15.9. The van der Waals surface area contributed by atoms with Crippen molar-refractivity contribution in [1.82, 2.24) is 0 Å². The van der Waals surface area contributed by atoms with Crippen LogP contribution in [0.25, 0.3) is 0 Å². The third kappa shape index (κ3) is 27.6. The minimum atomic E-state index is -1.14. The van der Waals surface area contributed by atoms with Crippen LogP contribution in [0.5, 0.6) is 0 Å². The molecule has 0 radical (unpaired) electrons. The first-order valence-electron chi connectivity index (χ1n) is 7.89. The number of rotatable bonds is 8. The predicted octanol–water partition coefficient (Wildman–Crippen LogP) is 2.02. The second-order valence-electron chi connectivity index (χ2n) is 6.15. The van der Waals surface area contributed by atoms with Gasteiger partial charge in [-0.05, 0) is 27.7 Å². The normalized spacial score (nSPS) is 10.4. The van der Waals surface area contributed by atoms with Gasteiger partial charge in [0.15, 0.2) is 0 Å². The van der Waals surface area contributed by atoms with E-state index in [0.29, 0.717) is 0 Å². The zero-order valence-corrected chi connectivity index (χ0v) is 19.9. The Morgan fingerprint density at radius 1 is 0.826 bits per heavy atom. The van der Waals surface area contributed by atoms with Gasteiger partial charge in [0, 0.05) is 9.49 Å². The molecule has 0 atom stereocenters. The van der Waals surface area contributed by atoms with Crippen molar-refractivity contribution in [2.24, 2.45) is 0 Å². The van der Waals surface area contributed by atoms with Crippen molar-refractivity contribution < 1.29 is 19.8 Å². The average Bonchev–Trinajstić information content (AvgIpc) is 2.38. The number of thiol groups is 2. The summed E-state index contributed by atoms with van der Waals surface area (Å²) in [5.74, 6) is -2.29. The SMILES string of the molecule is CC(C)(S)C(=O)[O-].CC(C)(S)C(=O)[O-].CCC[CH2][Sn+2][CH2]CCC. The zero-order chi connectivity index (χ0) is 19.1. The van der Waals surface area contributed by atoms with Crippen molar-refractivity contribution in [3.63, 3.8) is 0 Å². The van der Waals surface area contributed by atoms with Crippen LogP contribution >= 0.6 is 25.3 Å². The Labute approximate surface area is 163 Å². The van der Waals surface area contributed by atoms with Crippen LogP contribution in [-0.4, -0.2) is 42.6 Å². The molecule has 0 aromatic carbocycles. The molecule has 0 bridgehead atoms. The van der Waals surface area contributed by atoms with E-state index in [1.165, 1.54) is 53.4 Å². The molecule has 7 heteroatoms. The van der Waals surface area contributed by atoms with Gasteiger partial charge in [0.25, 0.3) is 0 Å². The molecule has 0 aromatic heterocycles. The summed E-state index contributed by atoms with van der Waals surface area (Å²) >= 11 is 7.52. The minimum absolute atomic E-state index is 0.149. The molecule has 0 saturated carbocycles. The zero-order valence-electron chi connectivity index (χ0n) is 15.3. The Morgan fingerprint density at radius 2 is 1.04 bits per heavy atom. The van der Waals surface area contributed by atoms with Crippen molar-refractivity contribution >= 4 is 58.3 Å². The van der Waals surface area contributed by atoms with Crippen LogP contribution in [0.2, 0.25) is 8.87 Å². The molecule has 0 unspecified atom stereocenters. The topological polar surface area (TPSA) is 80.3 Å². The number of carboxylic acids is 2. The fourth-order valence-corrected chi connectivity index (χ4v) is 4.89. The van der Waals surface area contributed by atoms with Gasteiger partial charge in [-0.2, -0.15) is 25.3 Å². The number of carboxylic acid groups (broad SMARTS) is 2. The van der Waals surface area contributed by atoms with Crippen LogP contribution < -0.4 is 10.2 Å². The number of carbonyl (C=O) groups is 2. The van der Waals surface area contributed by atoms with Crippen molar-refractivity contribution in [1.29, 1.82) is 0 Å². The first-order valence-corrected chi connectivity index (χ1v) is 12.8. The molecule has 0 amide bonds. The average molecular weight is 471 g/mol. The van der Waals surface area contributed by atoms with Crippen LogP contribution in [0.1, 0.15) is 67.2 Å². The number of hydrogen-bond donors (Lipinski definition) is 2. The molecular formula is C16H32O4S2Sn. The van der Waals surface area contributed by atoms with Gasteiger partial charge in [0.2, 0.25) is 0 Å². The van der Waals surface area contributed by atoms with E-state index >= 15 is 0 Å². The molecule has 0 N–H and O–H groups in total. The van der Waals surface area contributed by atoms with E-state index in [1.54, 1.807) is 8.87 Å². The number of carbonyl (C=O) groups excluding carboxylic acids is 2. The first-order chi connectivity index (χ1) is 10.3. The Hall–Kier alpha value is 0.439. The van der Waals surface area contributed by atoms with E-state index in [4.69, 9.17) is 0 Å². The van der Waals surface area contributed by atoms with E-state index in [0.717, 1.165) is 0 Å². The summed E-state index contributed by atoms with van der Waals surface area (Å²) in [5.41, 5.74) is 0. The van der Waals surface area contributed by atoms with Gasteiger partial charge in [-0.25, -0.2) is 0 Å². The van der Waals surface area contributed by atoms with Crippen molar-refractivity contribution in [3.8, 4) is 0 Å². The fourth-order valence-electron chi connectivity index (χ4n) is 0.729. The van der Waals surface area contributed by atoms with E-state index < -0.39 is 21.4 Å². The molecule has 0 heterocycles. The van der Waals surface area contributed by atoms with Crippen LogP contribution in [0.3, 0.4) is 0 Å². The van der Waals surface area contributed by atoms with Gasteiger partial charge in [-0.3, -0.25) is 0 Å². The molecule has 4 nitrogen and oxygen atoms in total. The third-order valence-electron chi connectivity index (χ3n) is 2.41. The predicted molar refractivity (Wildman–Crippen MR) is 101 cm³/mol. The Bertz CT molecular complexity index is 280. The first kappa shape index (κ1) is 28.3. The van der Waals surface area contributed by atoms with E-state index in [2.05, 4.69) is 39.1 Å². The quantitative estimate of drug-likeness (QED) is 0.323. The fraction of sp³-hybridized carbons (Fsp3) is 0.875. The summed E-state index contributed by atoms with van der Waals surface area (Å²) in [4.78, 5) is 19.7. The number of unbranched alkanes of at least 4 members (excludes halogenated alkanes) is 2. The van der Waals surface area contributed by atoms with Crippen LogP contribution in [-0.2, 0) is 9.59 Å². The van der Waals surface area contributed by atoms with Gasteiger partial charge < -0.3 is 19.8 Å². The van der Waals surface area contributed by atoms with Crippen molar-refractivity contribution in [3.05, 3.63) is 0 Å². The molecule has 136 valence electrons. The van der Waals surface area contributed by atoms with E-state index in [9.17, 15) is 19.8 Å². The number of hydrogen-bond acceptors (Lipinski definition) is 6. The summed E-state index contributed by atoms with van der Waals surface area (Å²) < 4.78 is 1.25. The standard InChI is InChI=1S/2C4H8O2S.2C4H9.Sn/c2*1-4(2,7)3(5)6;2*1-3-4-2;/h2*7H,1-2H3,(H,5,6);2*1,3-4H2,2H3;/q;;;;+2/p-2. The summed E-state index contributed by atoms with van der Waals surface area (Å²) in [6, 6.07) is 0. The monoisotopic (exact) mass is 472 g/mol. The Kier molecular flexibility index (Phi) is 19.6. The third-order valence-corrected chi connectivity index (χ3v) is 6.81. The maximum atomic E-state index is 9.83. The second-order valence-corrected chi connectivity index (χ2v) is 12.7. The molecule has 0 spiro atoms. The van der Waals surface area contributed by atoms with Gasteiger partial charge in [0.05, 0.1) is 11.9 Å². The van der Waals surface area contributed by atoms with Crippen LogP contribution in [0.15, 0.2) is 0 Å². The van der Waals surface area contributed by atoms with Crippen LogP contribution in [0, 0.1) is 0 Å². The van der Waals surface area contributed by atoms with Gasteiger partial charge in [-0.15, -0.1) is 0 Å². The van der Waals surface area contributed by atoms with E-state index in [1.807, 2.05) is 0 Å². The molecule has 0 rings (SSSR count). The Balaban J connectivity index is -0.000000264.